The van der Waals surface area contributed by atoms with E-state index in [1.165, 1.54) is 6.07 Å². The molecule has 0 radical (unpaired) electrons. The van der Waals surface area contributed by atoms with Crippen LogP contribution in [0.5, 0.6) is 0 Å². The summed E-state index contributed by atoms with van der Waals surface area (Å²) >= 11 is 0. The third-order valence-electron chi connectivity index (χ3n) is 5.46. The minimum Gasteiger partial charge on any atom is -0.345 e. The zero-order valence-electron chi connectivity index (χ0n) is 15.0. The van der Waals surface area contributed by atoms with Crippen LogP contribution in [0, 0.1) is 11.2 Å². The first-order chi connectivity index (χ1) is 11.9. The molecule has 25 heavy (non-hydrogen) atoms. The van der Waals surface area contributed by atoms with Crippen LogP contribution in [0.15, 0.2) is 24.3 Å². The number of benzene rings is 1. The molecule has 1 unspecified atom stereocenters. The van der Waals surface area contributed by atoms with Crippen molar-refractivity contribution in [2.45, 2.75) is 25.8 Å². The number of likely N-dealkylation sites (N-methyl/N-ethyl adjacent to an activating group) is 1. The Hall–Kier alpha value is -1.95. The van der Waals surface area contributed by atoms with Crippen molar-refractivity contribution in [1.29, 1.82) is 0 Å². The first kappa shape index (κ1) is 17.9. The predicted octanol–water partition coefficient (Wildman–Crippen LogP) is 1.73. The summed E-state index contributed by atoms with van der Waals surface area (Å²) in [5.74, 6) is -0.0664. The van der Waals surface area contributed by atoms with Crippen LogP contribution >= 0.6 is 0 Å². The molecule has 0 aromatic heterocycles. The smallest absolute Gasteiger partial charge is 0.236 e. The second kappa shape index (κ2) is 7.12. The van der Waals surface area contributed by atoms with Crippen LogP contribution in [0.4, 0.5) is 4.39 Å². The van der Waals surface area contributed by atoms with Gasteiger partial charge in [0.05, 0.1) is 12.0 Å². The second-order valence-corrected chi connectivity index (χ2v) is 7.44. The third-order valence-corrected chi connectivity index (χ3v) is 5.46. The van der Waals surface area contributed by atoms with E-state index in [1.54, 1.807) is 28.0 Å². The lowest BCUT2D eigenvalue weighted by Crippen LogP contribution is -2.49. The summed E-state index contributed by atoms with van der Waals surface area (Å²) in [4.78, 5) is 30.6. The Morgan fingerprint density at radius 3 is 2.80 bits per heavy atom. The van der Waals surface area contributed by atoms with Crippen molar-refractivity contribution < 1.29 is 14.0 Å². The van der Waals surface area contributed by atoms with E-state index in [-0.39, 0.29) is 29.6 Å². The standard InChI is InChI=1S/C19H26FN3O2/c1-21(12-15-6-3-4-7-16(15)20)13-17(24)23-11-9-19(14-23)8-5-10-22(2)18(19)25/h3-4,6-7H,5,8-14H2,1-2H3. The van der Waals surface area contributed by atoms with E-state index < -0.39 is 0 Å². The van der Waals surface area contributed by atoms with Gasteiger partial charge in [-0.1, -0.05) is 18.2 Å². The number of halogens is 1. The highest BCUT2D eigenvalue weighted by Crippen LogP contribution is 2.39. The number of piperidine rings is 1. The molecule has 2 aliphatic rings. The molecule has 2 amide bonds. The molecular formula is C19H26FN3O2. The molecule has 0 aliphatic carbocycles. The van der Waals surface area contributed by atoms with Crippen LogP contribution in [0.2, 0.25) is 0 Å². The van der Waals surface area contributed by atoms with Crippen molar-refractivity contribution in [2.75, 3.05) is 40.3 Å². The van der Waals surface area contributed by atoms with Crippen molar-refractivity contribution in [2.24, 2.45) is 5.41 Å². The van der Waals surface area contributed by atoms with Gasteiger partial charge in [-0.2, -0.15) is 0 Å². The first-order valence-corrected chi connectivity index (χ1v) is 8.87. The number of likely N-dealkylation sites (tertiary alicyclic amines) is 2. The van der Waals surface area contributed by atoms with Gasteiger partial charge in [-0.3, -0.25) is 14.5 Å². The third kappa shape index (κ3) is 3.68. The number of carbonyl (C=O) groups is 2. The van der Waals surface area contributed by atoms with Gasteiger partial charge in [0.25, 0.3) is 0 Å². The van der Waals surface area contributed by atoms with Crippen molar-refractivity contribution in [1.82, 2.24) is 14.7 Å². The van der Waals surface area contributed by atoms with Gasteiger partial charge in [0, 0.05) is 38.8 Å². The number of amides is 2. The van der Waals surface area contributed by atoms with E-state index in [1.807, 2.05) is 19.0 Å². The van der Waals surface area contributed by atoms with Crippen LogP contribution in [-0.4, -0.2) is 66.8 Å². The normalized spacial score (nSPS) is 23.8. The van der Waals surface area contributed by atoms with Gasteiger partial charge in [-0.05, 0) is 32.4 Å². The van der Waals surface area contributed by atoms with Crippen LogP contribution in [0.25, 0.3) is 0 Å². The van der Waals surface area contributed by atoms with Gasteiger partial charge in [0.2, 0.25) is 11.8 Å². The lowest BCUT2D eigenvalue weighted by Gasteiger charge is -2.37. The molecule has 3 rings (SSSR count). The SMILES string of the molecule is CN(CC(=O)N1CCC2(CCCN(C)C2=O)C1)Cc1ccccc1F. The fraction of sp³-hybridized carbons (Fsp3) is 0.579. The Labute approximate surface area is 148 Å². The molecule has 1 aromatic rings. The highest BCUT2D eigenvalue weighted by atomic mass is 19.1. The molecule has 6 heteroatoms. The monoisotopic (exact) mass is 347 g/mol. The zero-order valence-corrected chi connectivity index (χ0v) is 15.0. The predicted molar refractivity (Wildman–Crippen MR) is 93.2 cm³/mol. The molecule has 0 bridgehead atoms. The Kier molecular flexibility index (Phi) is 5.08. The largest absolute Gasteiger partial charge is 0.345 e. The Balaban J connectivity index is 1.57. The molecule has 2 saturated heterocycles. The highest BCUT2D eigenvalue weighted by Gasteiger charge is 2.48. The van der Waals surface area contributed by atoms with Gasteiger partial charge < -0.3 is 9.80 Å². The minimum atomic E-state index is -0.382. The van der Waals surface area contributed by atoms with Gasteiger partial charge in [-0.25, -0.2) is 4.39 Å². The number of carbonyl (C=O) groups excluding carboxylic acids is 2. The zero-order chi connectivity index (χ0) is 18.0. The minimum absolute atomic E-state index is 0.0109. The average molecular weight is 347 g/mol. The molecule has 0 saturated carbocycles. The Bertz CT molecular complexity index is 666. The van der Waals surface area contributed by atoms with Crippen LogP contribution in [-0.2, 0) is 16.1 Å². The summed E-state index contributed by atoms with van der Waals surface area (Å²) in [5, 5.41) is 0. The van der Waals surface area contributed by atoms with E-state index >= 15 is 0 Å². The summed E-state index contributed by atoms with van der Waals surface area (Å²) in [6.45, 7) is 2.57. The molecule has 1 aromatic carbocycles. The molecular weight excluding hydrogens is 321 g/mol. The van der Waals surface area contributed by atoms with E-state index in [4.69, 9.17) is 0 Å². The van der Waals surface area contributed by atoms with E-state index in [0.29, 0.717) is 25.2 Å². The fourth-order valence-electron chi connectivity index (χ4n) is 4.04. The van der Waals surface area contributed by atoms with Crippen LogP contribution in [0.1, 0.15) is 24.8 Å². The summed E-state index contributed by atoms with van der Waals surface area (Å²) < 4.78 is 13.7. The maximum atomic E-state index is 13.7. The molecule has 2 heterocycles. The van der Waals surface area contributed by atoms with Crippen molar-refractivity contribution >= 4 is 11.8 Å². The number of hydrogen-bond acceptors (Lipinski definition) is 3. The van der Waals surface area contributed by atoms with Crippen LogP contribution in [0.3, 0.4) is 0 Å². The quantitative estimate of drug-likeness (QED) is 0.833. The molecule has 136 valence electrons. The maximum Gasteiger partial charge on any atom is 0.236 e. The topological polar surface area (TPSA) is 43.9 Å². The summed E-state index contributed by atoms with van der Waals surface area (Å²) in [6.07, 6.45) is 2.61. The first-order valence-electron chi connectivity index (χ1n) is 8.87. The van der Waals surface area contributed by atoms with Gasteiger partial charge in [0.15, 0.2) is 0 Å². The Morgan fingerprint density at radius 2 is 2.04 bits per heavy atom. The molecule has 1 spiro atoms. The average Bonchev–Trinajstić information content (AvgIpc) is 3.00. The van der Waals surface area contributed by atoms with E-state index in [0.717, 1.165) is 25.8 Å². The molecule has 2 aliphatic heterocycles. The molecule has 0 N–H and O–H groups in total. The summed E-state index contributed by atoms with van der Waals surface area (Å²) in [6, 6.07) is 6.62. The summed E-state index contributed by atoms with van der Waals surface area (Å²) in [5.41, 5.74) is 0.201. The molecule has 2 fully saturated rings. The van der Waals surface area contributed by atoms with Gasteiger partial charge in [0.1, 0.15) is 5.82 Å². The van der Waals surface area contributed by atoms with Gasteiger partial charge >= 0.3 is 0 Å². The lowest BCUT2D eigenvalue weighted by molar-refractivity contribution is -0.144. The lowest BCUT2D eigenvalue weighted by atomic mass is 9.78. The van der Waals surface area contributed by atoms with Crippen molar-refractivity contribution in [3.05, 3.63) is 35.6 Å². The second-order valence-electron chi connectivity index (χ2n) is 7.44. The van der Waals surface area contributed by atoms with E-state index in [9.17, 15) is 14.0 Å². The van der Waals surface area contributed by atoms with Crippen molar-refractivity contribution in [3.63, 3.8) is 0 Å². The number of rotatable bonds is 4. The molecule has 1 atom stereocenters. The fourth-order valence-corrected chi connectivity index (χ4v) is 4.04. The number of hydrogen-bond donors (Lipinski definition) is 0. The number of nitrogens with zero attached hydrogens (tertiary/aromatic N) is 3. The van der Waals surface area contributed by atoms with Crippen molar-refractivity contribution in [3.8, 4) is 0 Å². The van der Waals surface area contributed by atoms with Gasteiger partial charge in [-0.15, -0.1) is 0 Å². The maximum absolute atomic E-state index is 13.7. The van der Waals surface area contributed by atoms with Crippen LogP contribution < -0.4 is 0 Å². The van der Waals surface area contributed by atoms with E-state index in [2.05, 4.69) is 0 Å². The highest BCUT2D eigenvalue weighted by molar-refractivity contribution is 5.86. The molecule has 5 nitrogen and oxygen atoms in total. The summed E-state index contributed by atoms with van der Waals surface area (Å²) in [7, 11) is 3.66. The Morgan fingerprint density at radius 1 is 1.28 bits per heavy atom.